The maximum absolute atomic E-state index is 11.0. The van der Waals surface area contributed by atoms with Crippen LogP contribution >= 0.6 is 0 Å². The highest BCUT2D eigenvalue weighted by atomic mass is 16.2. The number of hydrogen-bond donors (Lipinski definition) is 1. The third-order valence-corrected chi connectivity index (χ3v) is 1.77. The molecule has 3 nitrogen and oxygen atoms in total. The van der Waals surface area contributed by atoms with Gasteiger partial charge < -0.3 is 10.2 Å². The van der Waals surface area contributed by atoms with Crippen molar-refractivity contribution in [2.75, 3.05) is 19.6 Å². The van der Waals surface area contributed by atoms with Crippen LogP contribution in [0.2, 0.25) is 0 Å². The van der Waals surface area contributed by atoms with Gasteiger partial charge in [-0.15, -0.1) is 0 Å². The number of rotatable bonds is 3. The van der Waals surface area contributed by atoms with Gasteiger partial charge in [-0.25, -0.2) is 0 Å². The molecule has 0 spiro atoms. The van der Waals surface area contributed by atoms with E-state index in [0.29, 0.717) is 5.91 Å². The minimum absolute atomic E-state index is 0.307. The Morgan fingerprint density at radius 3 is 3.00 bits per heavy atom. The number of nitrogens with two attached hydrogens (primary N) is 1. The van der Waals surface area contributed by atoms with Gasteiger partial charge in [-0.05, 0) is 6.42 Å². The van der Waals surface area contributed by atoms with E-state index in [2.05, 4.69) is 7.05 Å². The zero-order valence-electron chi connectivity index (χ0n) is 6.18. The molecule has 0 atom stereocenters. The molecule has 1 heterocycles. The summed E-state index contributed by atoms with van der Waals surface area (Å²) >= 11 is 0. The van der Waals surface area contributed by atoms with Crippen molar-refractivity contribution in [3.8, 4) is 0 Å². The monoisotopic (exact) mass is 142 g/mol. The maximum atomic E-state index is 11.0. The number of quaternary nitrogens is 1. The summed E-state index contributed by atoms with van der Waals surface area (Å²) in [5.74, 6) is 0.307. The maximum Gasteiger partial charge on any atom is 0.222 e. The molecular weight excluding hydrogens is 128 g/mol. The second-order valence-electron chi connectivity index (χ2n) is 2.56. The third-order valence-electron chi connectivity index (χ3n) is 1.77. The number of hydrogen-bond acceptors (Lipinski definition) is 1. The first-order valence-electron chi connectivity index (χ1n) is 3.73. The van der Waals surface area contributed by atoms with Crippen molar-refractivity contribution in [2.45, 2.75) is 12.8 Å². The lowest BCUT2D eigenvalue weighted by molar-refractivity contribution is -0.594. The predicted molar refractivity (Wildman–Crippen MR) is 38.0 cm³/mol. The number of amides is 1. The number of likely N-dealkylation sites (tertiary alicyclic amines) is 1. The van der Waals surface area contributed by atoms with Gasteiger partial charge in [0.2, 0.25) is 5.91 Å². The van der Waals surface area contributed by atoms with E-state index in [1.54, 1.807) is 0 Å². The summed E-state index contributed by atoms with van der Waals surface area (Å²) in [6, 6.07) is 0. The van der Waals surface area contributed by atoms with Gasteiger partial charge in [-0.1, -0.05) is 0 Å². The SMILES string of the molecule is [CH2-][NH2+]CCN1CCCC1=O. The van der Waals surface area contributed by atoms with E-state index in [4.69, 9.17) is 0 Å². The Morgan fingerprint density at radius 2 is 2.50 bits per heavy atom. The molecule has 1 rings (SSSR count). The van der Waals surface area contributed by atoms with Gasteiger partial charge in [0, 0.05) is 13.0 Å². The van der Waals surface area contributed by atoms with Crippen molar-refractivity contribution < 1.29 is 10.1 Å². The van der Waals surface area contributed by atoms with E-state index in [-0.39, 0.29) is 0 Å². The average Bonchev–Trinajstić information content (AvgIpc) is 2.31. The van der Waals surface area contributed by atoms with Crippen LogP contribution in [-0.4, -0.2) is 30.4 Å². The molecule has 0 bridgehead atoms. The summed E-state index contributed by atoms with van der Waals surface area (Å²) in [5.41, 5.74) is 0. The molecule has 0 saturated carbocycles. The summed E-state index contributed by atoms with van der Waals surface area (Å²) in [7, 11) is 3.61. The number of carbonyl (C=O) groups excluding carboxylic acids is 1. The lowest BCUT2D eigenvalue weighted by Gasteiger charge is -2.13. The van der Waals surface area contributed by atoms with Crippen LogP contribution in [-0.2, 0) is 4.79 Å². The molecule has 1 amide bonds. The molecule has 1 saturated heterocycles. The van der Waals surface area contributed by atoms with Crippen LogP contribution in [0.15, 0.2) is 0 Å². The van der Waals surface area contributed by atoms with Gasteiger partial charge in [0.1, 0.15) is 0 Å². The van der Waals surface area contributed by atoms with Crippen molar-refractivity contribution in [3.63, 3.8) is 0 Å². The Morgan fingerprint density at radius 1 is 1.70 bits per heavy atom. The van der Waals surface area contributed by atoms with Crippen LogP contribution in [0, 0.1) is 7.05 Å². The zero-order chi connectivity index (χ0) is 7.40. The van der Waals surface area contributed by atoms with Crippen LogP contribution < -0.4 is 5.32 Å². The van der Waals surface area contributed by atoms with E-state index < -0.39 is 0 Å². The first-order valence-corrected chi connectivity index (χ1v) is 3.73. The first-order chi connectivity index (χ1) is 4.84. The molecule has 0 radical (unpaired) electrons. The molecule has 10 heavy (non-hydrogen) atoms. The van der Waals surface area contributed by atoms with E-state index in [1.165, 1.54) is 0 Å². The fourth-order valence-corrected chi connectivity index (χ4v) is 1.19. The molecule has 0 aliphatic carbocycles. The number of nitrogens with zero attached hydrogens (tertiary/aromatic N) is 1. The lowest BCUT2D eigenvalue weighted by Crippen LogP contribution is -2.78. The predicted octanol–water partition coefficient (Wildman–Crippen LogP) is -1.04. The van der Waals surface area contributed by atoms with E-state index >= 15 is 0 Å². The van der Waals surface area contributed by atoms with Crippen LogP contribution in [0.5, 0.6) is 0 Å². The van der Waals surface area contributed by atoms with Crippen molar-refractivity contribution in [2.24, 2.45) is 0 Å². The average molecular weight is 142 g/mol. The van der Waals surface area contributed by atoms with E-state index in [9.17, 15) is 4.79 Å². The molecule has 3 heteroatoms. The highest BCUT2D eigenvalue weighted by Crippen LogP contribution is 2.07. The summed E-state index contributed by atoms with van der Waals surface area (Å²) in [6.07, 6.45) is 1.78. The molecule has 58 valence electrons. The smallest absolute Gasteiger partial charge is 0.222 e. The molecule has 0 aromatic carbocycles. The van der Waals surface area contributed by atoms with Crippen LogP contribution in [0.4, 0.5) is 0 Å². The highest BCUT2D eigenvalue weighted by molar-refractivity contribution is 5.77. The zero-order valence-corrected chi connectivity index (χ0v) is 6.18. The Hall–Kier alpha value is -0.570. The lowest BCUT2D eigenvalue weighted by atomic mass is 10.4. The normalized spacial score (nSPS) is 18.5. The fraction of sp³-hybridized carbons (Fsp3) is 0.714. The van der Waals surface area contributed by atoms with Gasteiger partial charge in [0.05, 0.1) is 13.1 Å². The van der Waals surface area contributed by atoms with E-state index in [0.717, 1.165) is 32.5 Å². The molecule has 1 aliphatic heterocycles. The minimum atomic E-state index is 0.307. The topological polar surface area (TPSA) is 36.9 Å². The Kier molecular flexibility index (Phi) is 2.68. The van der Waals surface area contributed by atoms with Crippen molar-refractivity contribution in [3.05, 3.63) is 7.05 Å². The molecule has 0 aromatic heterocycles. The molecule has 2 N–H and O–H groups in total. The number of carbonyl (C=O) groups is 1. The van der Waals surface area contributed by atoms with Gasteiger partial charge in [0.15, 0.2) is 0 Å². The fourth-order valence-electron chi connectivity index (χ4n) is 1.19. The quantitative estimate of drug-likeness (QED) is 0.502. The highest BCUT2D eigenvalue weighted by Gasteiger charge is 2.18. The molecular formula is C7H14N2O. The van der Waals surface area contributed by atoms with Gasteiger partial charge in [-0.2, -0.15) is 7.05 Å². The van der Waals surface area contributed by atoms with Gasteiger partial charge >= 0.3 is 0 Å². The summed E-state index contributed by atoms with van der Waals surface area (Å²) in [4.78, 5) is 12.9. The van der Waals surface area contributed by atoms with Gasteiger partial charge in [-0.3, -0.25) is 4.79 Å². The minimum Gasteiger partial charge on any atom is -0.477 e. The standard InChI is InChI=1S/C7H14N2O/c1-8-4-6-9-5-2-3-7(9)10/h1-6,8H2. The molecule has 0 unspecified atom stereocenters. The van der Waals surface area contributed by atoms with Crippen LogP contribution in [0.1, 0.15) is 12.8 Å². The Balaban J connectivity index is 2.20. The molecule has 1 fully saturated rings. The van der Waals surface area contributed by atoms with Crippen molar-refractivity contribution in [1.29, 1.82) is 0 Å². The summed E-state index contributed by atoms with van der Waals surface area (Å²) in [6.45, 7) is 2.74. The van der Waals surface area contributed by atoms with E-state index in [1.807, 2.05) is 10.2 Å². The van der Waals surface area contributed by atoms with Crippen LogP contribution in [0.3, 0.4) is 0 Å². The second-order valence-corrected chi connectivity index (χ2v) is 2.56. The van der Waals surface area contributed by atoms with Crippen molar-refractivity contribution >= 4 is 5.91 Å². The first kappa shape index (κ1) is 7.54. The largest absolute Gasteiger partial charge is 0.477 e. The Bertz CT molecular complexity index is 125. The van der Waals surface area contributed by atoms with Crippen molar-refractivity contribution in [1.82, 2.24) is 4.90 Å². The third kappa shape index (κ3) is 1.70. The summed E-state index contributed by atoms with van der Waals surface area (Å²) in [5, 5.41) is 1.85. The second kappa shape index (κ2) is 3.56. The Labute approximate surface area is 61.4 Å². The van der Waals surface area contributed by atoms with Gasteiger partial charge in [0.25, 0.3) is 0 Å². The summed E-state index contributed by atoms with van der Waals surface area (Å²) < 4.78 is 0. The molecule has 0 aromatic rings. The molecule has 1 aliphatic rings. The van der Waals surface area contributed by atoms with Crippen LogP contribution in [0.25, 0.3) is 0 Å².